The Morgan fingerprint density at radius 2 is 1.67 bits per heavy atom. The molecule has 0 fully saturated rings. The standard InChI is InChI=1S/C21H20ClNO/c1-16-10-11-19(22)13-21(16)23-14-18-8-5-9-20(12-18)24-15-17-6-3-2-4-7-17/h2-13,23H,14-15H2,1H3. The minimum absolute atomic E-state index is 0.575. The van der Waals surface area contributed by atoms with Crippen molar-refractivity contribution in [2.75, 3.05) is 5.32 Å². The lowest BCUT2D eigenvalue weighted by Crippen LogP contribution is -2.02. The Hall–Kier alpha value is -2.45. The van der Waals surface area contributed by atoms with Crippen LogP contribution in [0.15, 0.2) is 72.8 Å². The fourth-order valence-electron chi connectivity index (χ4n) is 2.47. The normalized spacial score (nSPS) is 10.4. The number of anilines is 1. The summed E-state index contributed by atoms with van der Waals surface area (Å²) in [5.74, 6) is 0.876. The number of nitrogens with one attached hydrogen (secondary N) is 1. The van der Waals surface area contributed by atoms with E-state index in [-0.39, 0.29) is 0 Å². The van der Waals surface area contributed by atoms with E-state index in [4.69, 9.17) is 16.3 Å². The molecule has 0 amide bonds. The van der Waals surface area contributed by atoms with E-state index in [1.54, 1.807) is 0 Å². The summed E-state index contributed by atoms with van der Waals surface area (Å²) in [6, 6.07) is 24.2. The van der Waals surface area contributed by atoms with E-state index in [1.807, 2.05) is 48.5 Å². The predicted octanol–water partition coefficient (Wildman–Crippen LogP) is 5.84. The summed E-state index contributed by atoms with van der Waals surface area (Å²) >= 11 is 6.06. The SMILES string of the molecule is Cc1ccc(Cl)cc1NCc1cccc(OCc2ccccc2)c1. The van der Waals surface area contributed by atoms with Gasteiger partial charge in [-0.25, -0.2) is 0 Å². The van der Waals surface area contributed by atoms with Crippen molar-refractivity contribution < 1.29 is 4.74 Å². The third-order valence-corrected chi connectivity index (χ3v) is 4.06. The first kappa shape index (κ1) is 16.4. The number of rotatable bonds is 6. The molecule has 0 bridgehead atoms. The van der Waals surface area contributed by atoms with E-state index in [2.05, 4.69) is 36.5 Å². The summed E-state index contributed by atoms with van der Waals surface area (Å²) in [4.78, 5) is 0. The summed E-state index contributed by atoms with van der Waals surface area (Å²) in [6.07, 6.45) is 0. The number of ether oxygens (including phenoxy) is 1. The summed E-state index contributed by atoms with van der Waals surface area (Å²) in [7, 11) is 0. The average molecular weight is 338 g/mol. The maximum Gasteiger partial charge on any atom is 0.120 e. The predicted molar refractivity (Wildman–Crippen MR) is 101 cm³/mol. The van der Waals surface area contributed by atoms with Gasteiger partial charge in [0.2, 0.25) is 0 Å². The molecular formula is C21H20ClNO. The number of halogens is 1. The highest BCUT2D eigenvalue weighted by Gasteiger charge is 2.01. The van der Waals surface area contributed by atoms with E-state index in [9.17, 15) is 0 Å². The summed E-state index contributed by atoms with van der Waals surface area (Å²) < 4.78 is 5.88. The van der Waals surface area contributed by atoms with Gasteiger partial charge in [0.05, 0.1) is 0 Å². The maximum absolute atomic E-state index is 6.06. The van der Waals surface area contributed by atoms with Gasteiger partial charge >= 0.3 is 0 Å². The van der Waals surface area contributed by atoms with Crippen molar-refractivity contribution in [3.8, 4) is 5.75 Å². The molecule has 0 atom stereocenters. The molecule has 0 saturated carbocycles. The molecule has 1 N–H and O–H groups in total. The van der Waals surface area contributed by atoms with Crippen LogP contribution >= 0.6 is 11.6 Å². The van der Waals surface area contributed by atoms with Gasteiger partial charge in [-0.3, -0.25) is 0 Å². The molecule has 24 heavy (non-hydrogen) atoms. The van der Waals surface area contributed by atoms with Gasteiger partial charge in [0, 0.05) is 17.3 Å². The molecule has 0 spiro atoms. The van der Waals surface area contributed by atoms with E-state index in [1.165, 1.54) is 11.1 Å². The molecule has 0 aliphatic carbocycles. The first-order valence-electron chi connectivity index (χ1n) is 7.96. The maximum atomic E-state index is 6.06. The highest BCUT2D eigenvalue weighted by molar-refractivity contribution is 6.30. The van der Waals surface area contributed by atoms with Crippen LogP contribution in [0.4, 0.5) is 5.69 Å². The fraction of sp³-hybridized carbons (Fsp3) is 0.143. The molecule has 122 valence electrons. The highest BCUT2D eigenvalue weighted by atomic mass is 35.5. The third-order valence-electron chi connectivity index (χ3n) is 3.83. The van der Waals surface area contributed by atoms with Crippen LogP contribution in [-0.4, -0.2) is 0 Å². The lowest BCUT2D eigenvalue weighted by molar-refractivity contribution is 0.306. The van der Waals surface area contributed by atoms with Crippen molar-refractivity contribution >= 4 is 17.3 Å². The third kappa shape index (κ3) is 4.53. The van der Waals surface area contributed by atoms with E-state index >= 15 is 0 Å². The second-order valence-electron chi connectivity index (χ2n) is 5.73. The second kappa shape index (κ2) is 7.89. The van der Waals surface area contributed by atoms with Crippen LogP contribution in [0.5, 0.6) is 5.75 Å². The van der Waals surface area contributed by atoms with Gasteiger partial charge in [-0.2, -0.15) is 0 Å². The van der Waals surface area contributed by atoms with Crippen LogP contribution in [0, 0.1) is 6.92 Å². The lowest BCUT2D eigenvalue weighted by Gasteiger charge is -2.12. The fourth-order valence-corrected chi connectivity index (χ4v) is 2.64. The molecule has 3 aromatic carbocycles. The molecule has 0 aliphatic heterocycles. The monoisotopic (exact) mass is 337 g/mol. The van der Waals surface area contributed by atoms with Crippen LogP contribution < -0.4 is 10.1 Å². The van der Waals surface area contributed by atoms with Crippen LogP contribution in [0.1, 0.15) is 16.7 Å². The van der Waals surface area contributed by atoms with E-state index < -0.39 is 0 Å². The van der Waals surface area contributed by atoms with Crippen molar-refractivity contribution in [2.24, 2.45) is 0 Å². The zero-order valence-corrected chi connectivity index (χ0v) is 14.4. The van der Waals surface area contributed by atoms with E-state index in [0.29, 0.717) is 6.61 Å². The van der Waals surface area contributed by atoms with Crippen LogP contribution in [0.2, 0.25) is 5.02 Å². The minimum atomic E-state index is 0.575. The molecule has 0 radical (unpaired) electrons. The Kier molecular flexibility index (Phi) is 5.39. The highest BCUT2D eigenvalue weighted by Crippen LogP contribution is 2.22. The Balaban J connectivity index is 1.61. The summed E-state index contributed by atoms with van der Waals surface area (Å²) in [5.41, 5.74) is 4.56. The molecule has 3 aromatic rings. The van der Waals surface area contributed by atoms with Crippen LogP contribution in [0.25, 0.3) is 0 Å². The Morgan fingerprint density at radius 3 is 2.50 bits per heavy atom. The first-order valence-corrected chi connectivity index (χ1v) is 8.34. The quantitative estimate of drug-likeness (QED) is 0.610. The van der Waals surface area contributed by atoms with Crippen molar-refractivity contribution in [1.82, 2.24) is 0 Å². The number of hydrogen-bond donors (Lipinski definition) is 1. The lowest BCUT2D eigenvalue weighted by atomic mass is 10.1. The summed E-state index contributed by atoms with van der Waals surface area (Å²) in [6.45, 7) is 3.37. The topological polar surface area (TPSA) is 21.3 Å². The van der Waals surface area contributed by atoms with Gasteiger partial charge in [-0.15, -0.1) is 0 Å². The molecule has 3 rings (SSSR count). The Bertz CT molecular complexity index is 802. The van der Waals surface area contributed by atoms with Gasteiger partial charge in [-0.1, -0.05) is 60.1 Å². The van der Waals surface area contributed by atoms with Crippen LogP contribution in [-0.2, 0) is 13.2 Å². The zero-order chi connectivity index (χ0) is 16.8. The van der Waals surface area contributed by atoms with Crippen molar-refractivity contribution in [3.63, 3.8) is 0 Å². The summed E-state index contributed by atoms with van der Waals surface area (Å²) in [5, 5.41) is 4.17. The molecule has 0 saturated heterocycles. The Morgan fingerprint density at radius 1 is 0.875 bits per heavy atom. The largest absolute Gasteiger partial charge is 0.489 e. The zero-order valence-electron chi connectivity index (χ0n) is 13.6. The van der Waals surface area contributed by atoms with Gasteiger partial charge in [0.1, 0.15) is 12.4 Å². The van der Waals surface area contributed by atoms with Gasteiger partial charge in [-0.05, 0) is 47.9 Å². The van der Waals surface area contributed by atoms with Crippen LogP contribution in [0.3, 0.4) is 0 Å². The number of hydrogen-bond acceptors (Lipinski definition) is 2. The van der Waals surface area contributed by atoms with Crippen molar-refractivity contribution in [3.05, 3.63) is 94.5 Å². The molecule has 2 nitrogen and oxygen atoms in total. The van der Waals surface area contributed by atoms with Crippen molar-refractivity contribution in [2.45, 2.75) is 20.1 Å². The molecule has 0 heterocycles. The molecular weight excluding hydrogens is 318 g/mol. The molecule has 3 heteroatoms. The first-order chi connectivity index (χ1) is 11.7. The smallest absolute Gasteiger partial charge is 0.120 e. The average Bonchev–Trinajstić information content (AvgIpc) is 2.62. The second-order valence-corrected chi connectivity index (χ2v) is 6.17. The Labute approximate surface area is 148 Å². The molecule has 0 aromatic heterocycles. The number of benzene rings is 3. The van der Waals surface area contributed by atoms with E-state index in [0.717, 1.165) is 28.6 Å². The van der Waals surface area contributed by atoms with Gasteiger partial charge in [0.25, 0.3) is 0 Å². The van der Waals surface area contributed by atoms with Gasteiger partial charge in [0.15, 0.2) is 0 Å². The molecule has 0 aliphatic rings. The minimum Gasteiger partial charge on any atom is -0.489 e. The molecule has 0 unspecified atom stereocenters. The number of aryl methyl sites for hydroxylation is 1. The van der Waals surface area contributed by atoms with Crippen molar-refractivity contribution in [1.29, 1.82) is 0 Å². The van der Waals surface area contributed by atoms with Gasteiger partial charge < -0.3 is 10.1 Å².